The molecule has 0 radical (unpaired) electrons. The Morgan fingerprint density at radius 1 is 0.720 bits per heavy atom. The second-order valence-electron chi connectivity index (χ2n) is 11.0. The SMILES string of the molecule is NC(N)=NCCOCCOCCNC(=O)NC(N)=NCCC[C@@H](NC(=O)C(c1ccccc1)c1ccccc1)C(=O)NCc1ccc(O)cc1. The third kappa shape index (κ3) is 15.0. The van der Waals surface area contributed by atoms with Crippen LogP contribution in [0, 0.1) is 0 Å². The zero-order chi connectivity index (χ0) is 36.0. The summed E-state index contributed by atoms with van der Waals surface area (Å²) in [4.78, 5) is 47.4. The van der Waals surface area contributed by atoms with E-state index in [1.807, 2.05) is 60.7 Å². The number of amides is 4. The lowest BCUT2D eigenvalue weighted by molar-refractivity contribution is -0.129. The molecule has 0 spiro atoms. The summed E-state index contributed by atoms with van der Waals surface area (Å²) >= 11 is 0. The molecule has 3 rings (SSSR count). The molecule has 15 heteroatoms. The number of carbonyl (C=O) groups is 3. The second-order valence-corrected chi connectivity index (χ2v) is 11.0. The Kier molecular flexibility index (Phi) is 17.1. The number of phenolic OH excluding ortho intramolecular Hbond substituents is 1. The molecule has 0 fully saturated rings. The number of nitrogens with zero attached hydrogens (tertiary/aromatic N) is 2. The number of guanidine groups is 2. The van der Waals surface area contributed by atoms with E-state index in [1.54, 1.807) is 12.1 Å². The highest BCUT2D eigenvalue weighted by Gasteiger charge is 2.27. The van der Waals surface area contributed by atoms with Crippen molar-refractivity contribution in [3.05, 3.63) is 102 Å². The summed E-state index contributed by atoms with van der Waals surface area (Å²) in [7, 11) is 0. The molecule has 3 aromatic rings. The molecular formula is C35H47N9O6. The standard InChI is InChI=1S/C35H47N9O6/c36-33(37)39-18-20-49-22-23-50-21-19-41-35(48)44-34(38)40-17-7-12-29(31(46)42-24-25-13-15-28(45)16-14-25)43-32(47)30(26-8-3-1-4-9-26)27-10-5-2-6-11-27/h1-6,8-11,13-16,29-30,45H,7,12,17-24H2,(H,42,46)(H,43,47)(H4,36,37,39)(H4,38,40,41,44,48)/t29-/m1/s1. The zero-order valence-corrected chi connectivity index (χ0v) is 27.9. The van der Waals surface area contributed by atoms with E-state index in [1.165, 1.54) is 12.1 Å². The number of carbonyl (C=O) groups excluding carboxylic acids is 3. The Morgan fingerprint density at radius 3 is 1.96 bits per heavy atom. The van der Waals surface area contributed by atoms with Gasteiger partial charge in [0.15, 0.2) is 11.9 Å². The van der Waals surface area contributed by atoms with Gasteiger partial charge in [0.05, 0.1) is 38.9 Å². The van der Waals surface area contributed by atoms with Crippen molar-refractivity contribution in [2.45, 2.75) is 31.3 Å². The summed E-state index contributed by atoms with van der Waals surface area (Å²) in [6.07, 6.45) is 0.632. The van der Waals surface area contributed by atoms with Crippen LogP contribution in [0.3, 0.4) is 0 Å². The number of hydrogen-bond donors (Lipinski definition) is 8. The first-order valence-corrected chi connectivity index (χ1v) is 16.2. The molecule has 0 aliphatic rings. The molecule has 15 nitrogen and oxygen atoms in total. The van der Waals surface area contributed by atoms with Crippen LogP contribution in [0.25, 0.3) is 0 Å². The van der Waals surface area contributed by atoms with Gasteiger partial charge in [-0.1, -0.05) is 72.8 Å². The minimum atomic E-state index is -0.883. The third-order valence-electron chi connectivity index (χ3n) is 7.17. The van der Waals surface area contributed by atoms with Crippen LogP contribution in [-0.4, -0.2) is 87.0 Å². The van der Waals surface area contributed by atoms with E-state index in [9.17, 15) is 19.5 Å². The maximum atomic E-state index is 13.8. The van der Waals surface area contributed by atoms with Crippen molar-refractivity contribution >= 4 is 29.8 Å². The average Bonchev–Trinajstić information content (AvgIpc) is 3.11. The maximum absolute atomic E-state index is 13.8. The van der Waals surface area contributed by atoms with Crippen LogP contribution < -0.4 is 38.5 Å². The quantitative estimate of drug-likeness (QED) is 0.0479. The number of urea groups is 1. The summed E-state index contributed by atoms with van der Waals surface area (Å²) in [5.41, 5.74) is 18.7. The number of aliphatic imine (C=N–C) groups is 2. The van der Waals surface area contributed by atoms with E-state index >= 15 is 0 Å². The first-order valence-electron chi connectivity index (χ1n) is 16.2. The number of nitrogens with two attached hydrogens (primary N) is 3. The molecule has 0 saturated heterocycles. The number of benzene rings is 3. The lowest BCUT2D eigenvalue weighted by atomic mass is 9.90. The fraction of sp³-hybridized carbons (Fsp3) is 0.343. The van der Waals surface area contributed by atoms with E-state index in [0.29, 0.717) is 32.8 Å². The molecular weight excluding hydrogens is 642 g/mol. The van der Waals surface area contributed by atoms with E-state index < -0.39 is 18.0 Å². The highest BCUT2D eigenvalue weighted by atomic mass is 16.5. The van der Waals surface area contributed by atoms with Crippen LogP contribution in [0.4, 0.5) is 4.79 Å². The van der Waals surface area contributed by atoms with Crippen molar-refractivity contribution in [1.29, 1.82) is 0 Å². The summed E-state index contributed by atoms with van der Waals surface area (Å²) in [5, 5.41) is 20.5. The normalized spacial score (nSPS) is 11.7. The Hall–Kier alpha value is -5.67. The Balaban J connectivity index is 1.51. The van der Waals surface area contributed by atoms with Gasteiger partial charge in [-0.05, 0) is 41.7 Å². The molecule has 0 aliphatic heterocycles. The highest BCUT2D eigenvalue weighted by Crippen LogP contribution is 2.25. The van der Waals surface area contributed by atoms with Crippen molar-refractivity contribution in [3.8, 4) is 5.75 Å². The number of phenols is 1. The number of rotatable bonds is 20. The molecule has 0 saturated carbocycles. The van der Waals surface area contributed by atoms with Crippen molar-refractivity contribution < 1.29 is 29.0 Å². The van der Waals surface area contributed by atoms with Gasteiger partial charge in [0, 0.05) is 19.6 Å². The minimum absolute atomic E-state index is 0.00872. The van der Waals surface area contributed by atoms with Crippen LogP contribution in [0.2, 0.25) is 0 Å². The largest absolute Gasteiger partial charge is 0.508 e. The van der Waals surface area contributed by atoms with Crippen LogP contribution in [0.15, 0.2) is 94.9 Å². The second kappa shape index (κ2) is 22.1. The van der Waals surface area contributed by atoms with Gasteiger partial charge in [-0.25, -0.2) is 4.79 Å². The van der Waals surface area contributed by atoms with Crippen molar-refractivity contribution in [2.24, 2.45) is 27.2 Å². The van der Waals surface area contributed by atoms with E-state index in [0.717, 1.165) is 16.7 Å². The molecule has 0 unspecified atom stereocenters. The minimum Gasteiger partial charge on any atom is -0.508 e. The smallest absolute Gasteiger partial charge is 0.321 e. The number of aromatic hydroxyl groups is 1. The summed E-state index contributed by atoms with van der Waals surface area (Å²) in [6, 6.07) is 23.8. The van der Waals surface area contributed by atoms with Crippen LogP contribution in [-0.2, 0) is 25.6 Å². The van der Waals surface area contributed by atoms with Crippen molar-refractivity contribution in [2.75, 3.05) is 46.1 Å². The van der Waals surface area contributed by atoms with Gasteiger partial charge in [0.25, 0.3) is 0 Å². The topological polar surface area (TPSA) is 241 Å². The van der Waals surface area contributed by atoms with Gasteiger partial charge >= 0.3 is 6.03 Å². The maximum Gasteiger partial charge on any atom is 0.321 e. The third-order valence-corrected chi connectivity index (χ3v) is 7.17. The molecule has 50 heavy (non-hydrogen) atoms. The summed E-state index contributed by atoms with van der Waals surface area (Å²) in [6.45, 7) is 2.33. The first kappa shape index (κ1) is 38.8. The van der Waals surface area contributed by atoms with Crippen LogP contribution in [0.1, 0.15) is 35.4 Å². The molecule has 1 atom stereocenters. The van der Waals surface area contributed by atoms with E-state index in [4.69, 9.17) is 26.7 Å². The molecule has 3 aromatic carbocycles. The van der Waals surface area contributed by atoms with Gasteiger partial charge in [-0.2, -0.15) is 0 Å². The van der Waals surface area contributed by atoms with Crippen LogP contribution >= 0.6 is 0 Å². The van der Waals surface area contributed by atoms with Gasteiger partial charge in [0.2, 0.25) is 11.8 Å². The fourth-order valence-electron chi connectivity index (χ4n) is 4.73. The van der Waals surface area contributed by atoms with Crippen molar-refractivity contribution in [3.63, 3.8) is 0 Å². The van der Waals surface area contributed by atoms with Gasteiger partial charge in [0.1, 0.15) is 11.8 Å². The van der Waals surface area contributed by atoms with Gasteiger partial charge in [-0.3, -0.25) is 24.9 Å². The number of ether oxygens (including phenoxy) is 2. The van der Waals surface area contributed by atoms with Crippen LogP contribution in [0.5, 0.6) is 5.75 Å². The monoisotopic (exact) mass is 689 g/mol. The molecule has 0 heterocycles. The summed E-state index contributed by atoms with van der Waals surface area (Å²) < 4.78 is 10.7. The number of hydrogen-bond acceptors (Lipinski definition) is 8. The lowest BCUT2D eigenvalue weighted by Crippen LogP contribution is -2.48. The highest BCUT2D eigenvalue weighted by molar-refractivity contribution is 5.95. The number of nitrogens with one attached hydrogen (secondary N) is 4. The molecule has 0 bridgehead atoms. The Bertz CT molecular complexity index is 1480. The van der Waals surface area contributed by atoms with Crippen molar-refractivity contribution in [1.82, 2.24) is 21.3 Å². The Labute approximate surface area is 291 Å². The van der Waals surface area contributed by atoms with Gasteiger partial charge < -0.3 is 47.7 Å². The molecule has 0 aromatic heterocycles. The molecule has 4 amide bonds. The lowest BCUT2D eigenvalue weighted by Gasteiger charge is -2.23. The Morgan fingerprint density at radius 2 is 1.34 bits per heavy atom. The summed E-state index contributed by atoms with van der Waals surface area (Å²) in [5.74, 6) is -1.30. The van der Waals surface area contributed by atoms with Gasteiger partial charge in [-0.15, -0.1) is 0 Å². The fourth-order valence-corrected chi connectivity index (χ4v) is 4.73. The predicted octanol–water partition coefficient (Wildman–Crippen LogP) is 1.03. The molecule has 11 N–H and O–H groups in total. The zero-order valence-electron chi connectivity index (χ0n) is 27.9. The first-order chi connectivity index (χ1) is 24.2. The van der Waals surface area contributed by atoms with E-state index in [-0.39, 0.29) is 62.1 Å². The molecule has 268 valence electrons. The average molecular weight is 690 g/mol. The van der Waals surface area contributed by atoms with E-state index in [2.05, 4.69) is 31.3 Å². The predicted molar refractivity (Wildman–Crippen MR) is 191 cm³/mol. The molecule has 0 aliphatic carbocycles.